The minimum atomic E-state index is -0.135. The van der Waals surface area contributed by atoms with Crippen molar-refractivity contribution in [3.8, 4) is 11.5 Å². The molecule has 0 aliphatic carbocycles. The van der Waals surface area contributed by atoms with Crippen molar-refractivity contribution in [2.24, 2.45) is 0 Å². The molecule has 0 fully saturated rings. The highest BCUT2D eigenvalue weighted by atomic mass is 35.5. The predicted molar refractivity (Wildman–Crippen MR) is 74.3 cm³/mol. The molecule has 1 aromatic rings. The van der Waals surface area contributed by atoms with E-state index in [9.17, 15) is 4.79 Å². The summed E-state index contributed by atoms with van der Waals surface area (Å²) in [5.74, 6) is 1.64. The van der Waals surface area contributed by atoms with Crippen molar-refractivity contribution < 1.29 is 14.3 Å². The van der Waals surface area contributed by atoms with Crippen LogP contribution in [0.25, 0.3) is 0 Å². The number of nitrogens with one attached hydrogen (secondary N) is 1. The molecule has 1 N–H and O–H groups in total. The van der Waals surface area contributed by atoms with Crippen LogP contribution in [0.15, 0.2) is 18.2 Å². The van der Waals surface area contributed by atoms with Crippen molar-refractivity contribution in [1.82, 2.24) is 5.32 Å². The minimum absolute atomic E-state index is 0.0895. The molecule has 1 aliphatic heterocycles. The van der Waals surface area contributed by atoms with E-state index in [4.69, 9.17) is 21.1 Å². The lowest BCUT2D eigenvalue weighted by molar-refractivity contribution is 0.0927. The number of ether oxygens (including phenoxy) is 2. The first-order valence-corrected chi connectivity index (χ1v) is 7.01. The average Bonchev–Trinajstić information content (AvgIpc) is 2.44. The summed E-state index contributed by atoms with van der Waals surface area (Å²) in [6, 6.07) is 5.44. The molecular formula is C14H18ClNO3. The van der Waals surface area contributed by atoms with Gasteiger partial charge in [0.15, 0.2) is 11.5 Å². The van der Waals surface area contributed by atoms with Gasteiger partial charge in [0.1, 0.15) is 13.2 Å². The number of amides is 1. The maximum absolute atomic E-state index is 12.2. The molecule has 1 aromatic carbocycles. The SMILES string of the molecule is CC(CCCCl)NC(=O)c1cccc2c1OCCO2. The van der Waals surface area contributed by atoms with Gasteiger partial charge in [-0.25, -0.2) is 0 Å². The van der Waals surface area contributed by atoms with Crippen LogP contribution in [0.2, 0.25) is 0 Å². The molecule has 0 spiro atoms. The molecule has 104 valence electrons. The summed E-state index contributed by atoms with van der Waals surface area (Å²) in [5.41, 5.74) is 0.523. The summed E-state index contributed by atoms with van der Waals surface area (Å²) in [6.07, 6.45) is 1.75. The molecule has 0 saturated carbocycles. The zero-order chi connectivity index (χ0) is 13.7. The van der Waals surface area contributed by atoms with Crippen LogP contribution in [0.1, 0.15) is 30.1 Å². The van der Waals surface area contributed by atoms with Gasteiger partial charge < -0.3 is 14.8 Å². The average molecular weight is 284 g/mol. The number of carbonyl (C=O) groups is 1. The quantitative estimate of drug-likeness (QED) is 0.845. The number of rotatable bonds is 5. The van der Waals surface area contributed by atoms with Crippen LogP contribution >= 0.6 is 11.6 Å². The third-order valence-corrected chi connectivity index (χ3v) is 3.23. The predicted octanol–water partition coefficient (Wildman–Crippen LogP) is 2.60. The number of carbonyl (C=O) groups excluding carboxylic acids is 1. The van der Waals surface area contributed by atoms with Crippen molar-refractivity contribution in [2.45, 2.75) is 25.8 Å². The van der Waals surface area contributed by atoms with Crippen LogP contribution in [0.3, 0.4) is 0 Å². The molecule has 0 bridgehead atoms. The number of para-hydroxylation sites is 1. The number of alkyl halides is 1. The smallest absolute Gasteiger partial charge is 0.255 e. The lowest BCUT2D eigenvalue weighted by atomic mass is 10.1. The fourth-order valence-corrected chi connectivity index (χ4v) is 2.16. The van der Waals surface area contributed by atoms with E-state index in [1.807, 2.05) is 13.0 Å². The van der Waals surface area contributed by atoms with Gasteiger partial charge in [0.25, 0.3) is 5.91 Å². The van der Waals surface area contributed by atoms with Gasteiger partial charge in [-0.15, -0.1) is 11.6 Å². The lowest BCUT2D eigenvalue weighted by Crippen LogP contribution is -2.33. The van der Waals surface area contributed by atoms with Crippen LogP contribution in [0.5, 0.6) is 11.5 Å². The van der Waals surface area contributed by atoms with Crippen molar-refractivity contribution in [3.05, 3.63) is 23.8 Å². The summed E-state index contributed by atoms with van der Waals surface area (Å²) < 4.78 is 11.0. The first-order chi connectivity index (χ1) is 9.22. The molecule has 19 heavy (non-hydrogen) atoms. The van der Waals surface area contributed by atoms with Gasteiger partial charge >= 0.3 is 0 Å². The number of halogens is 1. The molecule has 0 saturated heterocycles. The van der Waals surface area contributed by atoms with Crippen molar-refractivity contribution in [3.63, 3.8) is 0 Å². The van der Waals surface area contributed by atoms with Crippen molar-refractivity contribution >= 4 is 17.5 Å². The van der Waals surface area contributed by atoms with E-state index in [1.54, 1.807) is 12.1 Å². The van der Waals surface area contributed by atoms with Gasteiger partial charge in [0, 0.05) is 11.9 Å². The highest BCUT2D eigenvalue weighted by Gasteiger charge is 2.21. The summed E-state index contributed by atoms with van der Waals surface area (Å²) in [4.78, 5) is 12.2. The van der Waals surface area contributed by atoms with Crippen LogP contribution in [0, 0.1) is 0 Å². The Kier molecular flexibility index (Phi) is 4.91. The van der Waals surface area contributed by atoms with Crippen molar-refractivity contribution in [1.29, 1.82) is 0 Å². The van der Waals surface area contributed by atoms with E-state index in [-0.39, 0.29) is 11.9 Å². The molecule has 1 unspecified atom stereocenters. The van der Waals surface area contributed by atoms with Gasteiger partial charge in [0.05, 0.1) is 5.56 Å². The summed E-state index contributed by atoms with van der Waals surface area (Å²) >= 11 is 5.64. The minimum Gasteiger partial charge on any atom is -0.486 e. The second-order valence-electron chi connectivity index (χ2n) is 4.54. The zero-order valence-electron chi connectivity index (χ0n) is 10.9. The van der Waals surface area contributed by atoms with Crippen LogP contribution in [-0.2, 0) is 0 Å². The molecule has 0 radical (unpaired) electrons. The first-order valence-electron chi connectivity index (χ1n) is 6.48. The fraction of sp³-hybridized carbons (Fsp3) is 0.500. The molecule has 5 heteroatoms. The Bertz CT molecular complexity index is 450. The van der Waals surface area contributed by atoms with E-state index >= 15 is 0 Å². The number of fused-ring (bicyclic) bond motifs is 1. The maximum atomic E-state index is 12.2. The second-order valence-corrected chi connectivity index (χ2v) is 4.91. The molecule has 1 atom stereocenters. The first kappa shape index (κ1) is 14.0. The van der Waals surface area contributed by atoms with Gasteiger partial charge in [-0.2, -0.15) is 0 Å². The molecule has 1 amide bonds. The zero-order valence-corrected chi connectivity index (χ0v) is 11.7. The number of benzene rings is 1. The van der Waals surface area contributed by atoms with E-state index < -0.39 is 0 Å². The normalized spacial score (nSPS) is 14.8. The maximum Gasteiger partial charge on any atom is 0.255 e. The molecule has 2 rings (SSSR count). The standard InChI is InChI=1S/C14H18ClNO3/c1-10(4-3-7-15)16-14(17)11-5-2-6-12-13(11)19-9-8-18-12/h2,5-6,10H,3-4,7-9H2,1H3,(H,16,17). The summed E-state index contributed by atoms with van der Waals surface area (Å²) in [6.45, 7) is 2.96. The third kappa shape index (κ3) is 3.53. The Hall–Kier alpha value is -1.42. The Morgan fingerprint density at radius 3 is 3.00 bits per heavy atom. The molecule has 4 nitrogen and oxygen atoms in total. The van der Waals surface area contributed by atoms with E-state index in [0.29, 0.717) is 36.2 Å². The largest absolute Gasteiger partial charge is 0.486 e. The van der Waals surface area contributed by atoms with Gasteiger partial charge in [-0.05, 0) is 31.9 Å². The molecule has 1 heterocycles. The lowest BCUT2D eigenvalue weighted by Gasteiger charge is -2.21. The highest BCUT2D eigenvalue weighted by Crippen LogP contribution is 2.33. The molecule has 0 aromatic heterocycles. The number of hydrogen-bond donors (Lipinski definition) is 1. The van der Waals surface area contributed by atoms with Crippen LogP contribution in [-0.4, -0.2) is 31.0 Å². The highest BCUT2D eigenvalue weighted by molar-refractivity contribution is 6.17. The Morgan fingerprint density at radius 2 is 2.21 bits per heavy atom. The third-order valence-electron chi connectivity index (χ3n) is 2.96. The monoisotopic (exact) mass is 283 g/mol. The van der Waals surface area contributed by atoms with Gasteiger partial charge in [0.2, 0.25) is 0 Å². The Balaban J connectivity index is 2.07. The van der Waals surface area contributed by atoms with Crippen LogP contribution in [0.4, 0.5) is 0 Å². The second kappa shape index (κ2) is 6.66. The molecule has 1 aliphatic rings. The molecular weight excluding hydrogens is 266 g/mol. The van der Waals surface area contributed by atoms with Gasteiger partial charge in [-0.3, -0.25) is 4.79 Å². The summed E-state index contributed by atoms with van der Waals surface area (Å²) in [7, 11) is 0. The Morgan fingerprint density at radius 1 is 1.42 bits per heavy atom. The van der Waals surface area contributed by atoms with E-state index in [2.05, 4.69) is 5.32 Å². The number of hydrogen-bond acceptors (Lipinski definition) is 3. The van der Waals surface area contributed by atoms with Crippen molar-refractivity contribution in [2.75, 3.05) is 19.1 Å². The fourth-order valence-electron chi connectivity index (χ4n) is 2.01. The van der Waals surface area contributed by atoms with Gasteiger partial charge in [-0.1, -0.05) is 6.07 Å². The Labute approximate surface area is 118 Å². The topological polar surface area (TPSA) is 47.6 Å². The van der Waals surface area contributed by atoms with E-state index in [0.717, 1.165) is 12.8 Å². The summed E-state index contributed by atoms with van der Waals surface area (Å²) in [5, 5.41) is 2.95. The van der Waals surface area contributed by atoms with E-state index in [1.165, 1.54) is 0 Å². The van der Waals surface area contributed by atoms with Crippen LogP contribution < -0.4 is 14.8 Å².